The molecule has 2 aromatic rings. The predicted octanol–water partition coefficient (Wildman–Crippen LogP) is 4.24. The van der Waals surface area contributed by atoms with Crippen molar-refractivity contribution >= 4 is 17.7 Å². The lowest BCUT2D eigenvalue weighted by Crippen LogP contribution is -2.14. The molecule has 0 aliphatic carbocycles. The van der Waals surface area contributed by atoms with Gasteiger partial charge in [-0.25, -0.2) is 0 Å². The zero-order valence-electron chi connectivity index (χ0n) is 15.2. The van der Waals surface area contributed by atoms with Crippen LogP contribution in [-0.2, 0) is 4.79 Å². The molecule has 0 bridgehead atoms. The van der Waals surface area contributed by atoms with Crippen LogP contribution in [0.1, 0.15) is 12.5 Å². The summed E-state index contributed by atoms with van der Waals surface area (Å²) in [4.78, 5) is 12.5. The molecule has 0 spiro atoms. The van der Waals surface area contributed by atoms with E-state index >= 15 is 0 Å². The van der Waals surface area contributed by atoms with E-state index in [1.165, 1.54) is 31.4 Å². The summed E-state index contributed by atoms with van der Waals surface area (Å²) in [6, 6.07) is 12.8. The first kappa shape index (κ1) is 20.7. The van der Waals surface area contributed by atoms with Crippen LogP contribution in [0.2, 0.25) is 0 Å². The summed E-state index contributed by atoms with van der Waals surface area (Å²) in [7, 11) is 1.31. The minimum Gasteiger partial charge on any atom is -0.493 e. The van der Waals surface area contributed by atoms with E-state index in [2.05, 4.69) is 10.1 Å². The average molecular weight is 388 g/mol. The lowest BCUT2D eigenvalue weighted by atomic mass is 10.1. The molecular weight excluding hydrogens is 370 g/mol. The molecule has 28 heavy (non-hydrogen) atoms. The second-order valence-electron chi connectivity index (χ2n) is 5.34. The molecular formula is C20H18F2N2O4. The van der Waals surface area contributed by atoms with Gasteiger partial charge in [0.1, 0.15) is 17.4 Å². The molecule has 2 aromatic carbocycles. The topological polar surface area (TPSA) is 80.6 Å². The van der Waals surface area contributed by atoms with Crippen molar-refractivity contribution in [3.05, 3.63) is 53.6 Å². The van der Waals surface area contributed by atoms with Crippen LogP contribution in [0.25, 0.3) is 6.08 Å². The van der Waals surface area contributed by atoms with Crippen LogP contribution >= 0.6 is 0 Å². The number of benzene rings is 2. The number of rotatable bonds is 8. The Kier molecular flexibility index (Phi) is 7.34. The Bertz CT molecular complexity index is 907. The monoisotopic (exact) mass is 388 g/mol. The number of nitrogens with one attached hydrogen (secondary N) is 1. The van der Waals surface area contributed by atoms with Crippen molar-refractivity contribution in [2.45, 2.75) is 13.5 Å². The predicted molar refractivity (Wildman–Crippen MR) is 99.5 cm³/mol. The molecule has 0 unspecified atom stereocenters. The summed E-state index contributed by atoms with van der Waals surface area (Å²) in [5.41, 5.74) is 0.507. The molecule has 0 aliphatic rings. The quantitative estimate of drug-likeness (QED) is 0.540. The number of hydrogen-bond donors (Lipinski definition) is 1. The van der Waals surface area contributed by atoms with Gasteiger partial charge in [0.25, 0.3) is 5.91 Å². The Morgan fingerprint density at radius 2 is 1.96 bits per heavy atom. The van der Waals surface area contributed by atoms with Gasteiger partial charge in [-0.1, -0.05) is 18.2 Å². The third-order valence-corrected chi connectivity index (χ3v) is 3.51. The standard InChI is InChI=1S/C20H18F2N2O4/c1-3-27-16-7-5-4-6-15(16)24-19(25)14(12-23)10-13-8-9-17(26-2)18(11-13)28-20(21)22/h4-11,20H,3H2,1-2H3,(H,24,25)/b14-10+. The lowest BCUT2D eigenvalue weighted by Gasteiger charge is -2.11. The van der Waals surface area contributed by atoms with Gasteiger partial charge in [-0.2, -0.15) is 14.0 Å². The first-order valence-electron chi connectivity index (χ1n) is 8.26. The zero-order valence-corrected chi connectivity index (χ0v) is 15.2. The van der Waals surface area contributed by atoms with Crippen molar-refractivity contribution in [1.29, 1.82) is 5.26 Å². The van der Waals surface area contributed by atoms with Gasteiger partial charge < -0.3 is 19.5 Å². The van der Waals surface area contributed by atoms with Crippen molar-refractivity contribution in [3.63, 3.8) is 0 Å². The molecule has 8 heteroatoms. The number of alkyl halides is 2. The van der Waals surface area contributed by atoms with E-state index in [1.807, 2.05) is 6.92 Å². The van der Waals surface area contributed by atoms with E-state index < -0.39 is 12.5 Å². The van der Waals surface area contributed by atoms with Gasteiger partial charge in [-0.15, -0.1) is 0 Å². The van der Waals surface area contributed by atoms with Gasteiger partial charge in [0.05, 0.1) is 19.4 Å². The molecule has 0 radical (unpaired) electrons. The summed E-state index contributed by atoms with van der Waals surface area (Å²) >= 11 is 0. The Balaban J connectivity index is 2.28. The summed E-state index contributed by atoms with van der Waals surface area (Å²) in [5, 5.41) is 11.9. The molecule has 0 saturated carbocycles. The Morgan fingerprint density at radius 3 is 2.61 bits per heavy atom. The SMILES string of the molecule is CCOc1ccccc1NC(=O)/C(C#N)=C/c1ccc(OC)c(OC(F)F)c1. The van der Waals surface area contributed by atoms with Crippen molar-refractivity contribution in [2.24, 2.45) is 0 Å². The van der Waals surface area contributed by atoms with Gasteiger partial charge >= 0.3 is 6.61 Å². The van der Waals surface area contributed by atoms with E-state index in [-0.39, 0.29) is 17.1 Å². The summed E-state index contributed by atoms with van der Waals surface area (Å²) in [6.45, 7) is -0.823. The minimum absolute atomic E-state index is 0.103. The number of anilines is 1. The van der Waals surface area contributed by atoms with Gasteiger partial charge in [0.2, 0.25) is 0 Å². The molecule has 0 aliphatic heterocycles. The molecule has 0 heterocycles. The fourth-order valence-electron chi connectivity index (χ4n) is 2.33. The smallest absolute Gasteiger partial charge is 0.387 e. The van der Waals surface area contributed by atoms with Crippen LogP contribution in [0.4, 0.5) is 14.5 Å². The number of hydrogen-bond acceptors (Lipinski definition) is 5. The molecule has 0 aromatic heterocycles. The summed E-state index contributed by atoms with van der Waals surface area (Å²) in [6.07, 6.45) is 1.26. The maximum atomic E-state index is 12.5. The molecule has 1 amide bonds. The Labute approximate surface area is 160 Å². The average Bonchev–Trinajstić information content (AvgIpc) is 2.67. The first-order chi connectivity index (χ1) is 13.5. The minimum atomic E-state index is -3.04. The van der Waals surface area contributed by atoms with E-state index in [0.29, 0.717) is 23.6 Å². The van der Waals surface area contributed by atoms with Crippen molar-refractivity contribution in [3.8, 4) is 23.3 Å². The number of carbonyl (C=O) groups is 1. The number of carbonyl (C=O) groups excluding carboxylic acids is 1. The van der Waals surface area contributed by atoms with Crippen LogP contribution < -0.4 is 19.5 Å². The van der Waals surface area contributed by atoms with Gasteiger partial charge in [0.15, 0.2) is 11.5 Å². The largest absolute Gasteiger partial charge is 0.493 e. The van der Waals surface area contributed by atoms with Crippen molar-refractivity contribution in [1.82, 2.24) is 0 Å². The van der Waals surface area contributed by atoms with Crippen LogP contribution in [0.3, 0.4) is 0 Å². The van der Waals surface area contributed by atoms with E-state index in [1.54, 1.807) is 30.3 Å². The maximum Gasteiger partial charge on any atom is 0.387 e. The number of ether oxygens (including phenoxy) is 3. The third-order valence-electron chi connectivity index (χ3n) is 3.51. The molecule has 0 fully saturated rings. The second-order valence-corrected chi connectivity index (χ2v) is 5.34. The number of amides is 1. The Hall–Kier alpha value is -3.60. The van der Waals surface area contributed by atoms with Crippen molar-refractivity contribution in [2.75, 3.05) is 19.0 Å². The number of halogens is 2. The zero-order chi connectivity index (χ0) is 20.5. The summed E-state index contributed by atoms with van der Waals surface area (Å²) in [5.74, 6) is -0.300. The highest BCUT2D eigenvalue weighted by molar-refractivity contribution is 6.10. The third kappa shape index (κ3) is 5.45. The lowest BCUT2D eigenvalue weighted by molar-refractivity contribution is -0.112. The van der Waals surface area contributed by atoms with Crippen molar-refractivity contribution < 1.29 is 27.8 Å². The first-order valence-corrected chi connectivity index (χ1v) is 8.26. The molecule has 0 atom stereocenters. The van der Waals surface area contributed by atoms with Gasteiger partial charge in [-0.3, -0.25) is 4.79 Å². The highest BCUT2D eigenvalue weighted by Crippen LogP contribution is 2.30. The highest BCUT2D eigenvalue weighted by Gasteiger charge is 2.14. The summed E-state index contributed by atoms with van der Waals surface area (Å²) < 4.78 is 39.9. The van der Waals surface area contributed by atoms with Crippen LogP contribution in [0.15, 0.2) is 48.0 Å². The van der Waals surface area contributed by atoms with Gasteiger partial charge in [-0.05, 0) is 42.8 Å². The number of methoxy groups -OCH3 is 1. The van der Waals surface area contributed by atoms with Crippen LogP contribution in [0.5, 0.6) is 17.2 Å². The molecule has 2 rings (SSSR count). The van der Waals surface area contributed by atoms with E-state index in [4.69, 9.17) is 9.47 Å². The molecule has 6 nitrogen and oxygen atoms in total. The maximum absolute atomic E-state index is 12.5. The Morgan fingerprint density at radius 1 is 1.21 bits per heavy atom. The number of nitriles is 1. The highest BCUT2D eigenvalue weighted by atomic mass is 19.3. The van der Waals surface area contributed by atoms with Crippen LogP contribution in [0, 0.1) is 11.3 Å². The fourth-order valence-corrected chi connectivity index (χ4v) is 2.33. The number of nitrogens with zero attached hydrogens (tertiary/aromatic N) is 1. The van der Waals surface area contributed by atoms with Crippen LogP contribution in [-0.4, -0.2) is 26.2 Å². The number of para-hydroxylation sites is 2. The normalized spacial score (nSPS) is 10.9. The molecule has 146 valence electrons. The second kappa shape index (κ2) is 9.92. The fraction of sp³-hybridized carbons (Fsp3) is 0.200. The van der Waals surface area contributed by atoms with Gasteiger partial charge in [0, 0.05) is 0 Å². The van der Waals surface area contributed by atoms with E-state index in [0.717, 1.165) is 0 Å². The van der Waals surface area contributed by atoms with E-state index in [9.17, 15) is 18.8 Å². The molecule has 0 saturated heterocycles. The molecule has 1 N–H and O–H groups in total.